The predicted molar refractivity (Wildman–Crippen MR) is 47.1 cm³/mol. The molecule has 0 aliphatic carbocycles. The molecule has 0 N–H and O–H groups in total. The number of hydrogen-bond acceptors (Lipinski definition) is 3. The minimum absolute atomic E-state index is 0. The van der Waals surface area contributed by atoms with Crippen LogP contribution in [0.15, 0.2) is 27.6 Å². The van der Waals surface area contributed by atoms with Gasteiger partial charge in [0, 0.05) is 4.47 Å². The van der Waals surface area contributed by atoms with Gasteiger partial charge in [-0.25, -0.2) is 8.42 Å². The van der Waals surface area contributed by atoms with Gasteiger partial charge in [0.1, 0.15) is 10.1 Å². The Labute approximate surface area is 120 Å². The van der Waals surface area contributed by atoms with Crippen molar-refractivity contribution in [3.8, 4) is 0 Å². The molecule has 0 amide bonds. The van der Waals surface area contributed by atoms with E-state index < -0.39 is 31.2 Å². The largest absolute Gasteiger partial charge is 1.00 e. The summed E-state index contributed by atoms with van der Waals surface area (Å²) in [7, 11) is -4.73. The second-order valence-corrected chi connectivity index (χ2v) is 4.83. The van der Waals surface area contributed by atoms with Crippen molar-refractivity contribution in [1.29, 1.82) is 0 Å². The van der Waals surface area contributed by atoms with E-state index in [1.54, 1.807) is 0 Å². The molecule has 0 heterocycles. The van der Waals surface area contributed by atoms with Crippen LogP contribution >= 0.6 is 15.9 Å². The van der Waals surface area contributed by atoms with Crippen molar-refractivity contribution in [3.63, 3.8) is 0 Å². The maximum absolute atomic E-state index is 12.2. The summed E-state index contributed by atoms with van der Waals surface area (Å²) in [6, 6.07) is 1.79. The fourth-order valence-corrected chi connectivity index (χ4v) is 2.13. The number of hydrogen-bond donors (Lipinski definition) is 0. The van der Waals surface area contributed by atoms with E-state index in [0.717, 1.165) is 0 Å². The molecule has 84 valence electrons. The summed E-state index contributed by atoms with van der Waals surface area (Å²) < 4.78 is 67.6. The van der Waals surface area contributed by atoms with Crippen molar-refractivity contribution in [2.45, 2.75) is 11.1 Å². The molecule has 16 heavy (non-hydrogen) atoms. The molecule has 0 aliphatic rings. The second-order valence-electron chi connectivity index (χ2n) is 2.59. The van der Waals surface area contributed by atoms with Crippen LogP contribution in [0.4, 0.5) is 13.2 Å². The van der Waals surface area contributed by atoms with E-state index in [1.165, 1.54) is 0 Å². The molecule has 0 fully saturated rings. The quantitative estimate of drug-likeness (QED) is 0.510. The average molecular weight is 327 g/mol. The van der Waals surface area contributed by atoms with E-state index in [0.29, 0.717) is 18.2 Å². The van der Waals surface area contributed by atoms with Gasteiger partial charge in [0.05, 0.1) is 10.5 Å². The van der Waals surface area contributed by atoms with Crippen LogP contribution in [0, 0.1) is 0 Å². The fourth-order valence-electron chi connectivity index (χ4n) is 0.881. The summed E-state index contributed by atoms with van der Waals surface area (Å²) in [5.74, 6) is 0. The summed E-state index contributed by atoms with van der Waals surface area (Å²) in [6.07, 6.45) is -4.59. The van der Waals surface area contributed by atoms with Gasteiger partial charge < -0.3 is 4.55 Å². The van der Waals surface area contributed by atoms with Gasteiger partial charge in [0.2, 0.25) is 0 Å². The maximum Gasteiger partial charge on any atom is 1.00 e. The van der Waals surface area contributed by atoms with Gasteiger partial charge in [-0.05, 0) is 18.2 Å². The standard InChI is InChI=1S/C7H4BrF3O3S.Na/c8-6-3-4(15(12,13)14)1-2-5(6)7(9,10)11;/h1-3H,(H,12,13,14);/q;+1/p-1. The molecule has 0 atom stereocenters. The Hall–Kier alpha value is 0.400. The zero-order valence-electron chi connectivity index (χ0n) is 7.88. The normalized spacial score (nSPS) is 12.1. The third-order valence-electron chi connectivity index (χ3n) is 1.53. The summed E-state index contributed by atoms with van der Waals surface area (Å²) >= 11 is 2.55. The Morgan fingerprint density at radius 2 is 1.75 bits per heavy atom. The summed E-state index contributed by atoms with van der Waals surface area (Å²) in [4.78, 5) is -0.706. The van der Waals surface area contributed by atoms with E-state index in [4.69, 9.17) is 0 Å². The average Bonchev–Trinajstić information content (AvgIpc) is 1.99. The Morgan fingerprint density at radius 1 is 1.25 bits per heavy atom. The van der Waals surface area contributed by atoms with Crippen molar-refractivity contribution in [1.82, 2.24) is 0 Å². The van der Waals surface area contributed by atoms with E-state index in [2.05, 4.69) is 15.9 Å². The van der Waals surface area contributed by atoms with Gasteiger partial charge in [-0.2, -0.15) is 13.2 Å². The van der Waals surface area contributed by atoms with Crippen molar-refractivity contribution >= 4 is 26.0 Å². The third-order valence-corrected chi connectivity index (χ3v) is 3.02. The van der Waals surface area contributed by atoms with E-state index in [-0.39, 0.29) is 29.6 Å². The fraction of sp³-hybridized carbons (Fsp3) is 0.143. The molecule has 0 saturated heterocycles. The maximum atomic E-state index is 12.2. The van der Waals surface area contributed by atoms with Gasteiger partial charge in [0.25, 0.3) is 0 Å². The molecule has 0 radical (unpaired) electrons. The molecule has 0 spiro atoms. The Bertz CT molecular complexity index is 486. The van der Waals surface area contributed by atoms with Gasteiger partial charge in [0.15, 0.2) is 0 Å². The van der Waals surface area contributed by atoms with Gasteiger partial charge >= 0.3 is 35.7 Å². The summed E-state index contributed by atoms with van der Waals surface area (Å²) in [6.45, 7) is 0. The van der Waals surface area contributed by atoms with E-state index in [9.17, 15) is 26.1 Å². The topological polar surface area (TPSA) is 57.2 Å². The Balaban J connectivity index is 0.00000225. The van der Waals surface area contributed by atoms with Gasteiger partial charge in [-0.1, -0.05) is 15.9 Å². The minimum Gasteiger partial charge on any atom is -0.744 e. The van der Waals surface area contributed by atoms with Crippen LogP contribution in [0.2, 0.25) is 0 Å². The van der Waals surface area contributed by atoms with Crippen LogP contribution in [0.3, 0.4) is 0 Å². The molecule has 1 rings (SSSR count). The number of alkyl halides is 3. The van der Waals surface area contributed by atoms with Crippen molar-refractivity contribution < 1.29 is 55.7 Å². The molecule has 1 aromatic rings. The van der Waals surface area contributed by atoms with Crippen molar-refractivity contribution in [2.75, 3.05) is 0 Å². The van der Waals surface area contributed by atoms with Crippen LogP contribution < -0.4 is 29.6 Å². The monoisotopic (exact) mass is 326 g/mol. The van der Waals surface area contributed by atoms with E-state index in [1.807, 2.05) is 0 Å². The van der Waals surface area contributed by atoms with Gasteiger partial charge in [-0.15, -0.1) is 0 Å². The first-order valence-corrected chi connectivity index (χ1v) is 5.65. The molecular weight excluding hydrogens is 324 g/mol. The smallest absolute Gasteiger partial charge is 0.744 e. The van der Waals surface area contributed by atoms with Crippen LogP contribution in [-0.4, -0.2) is 13.0 Å². The molecule has 0 aromatic heterocycles. The molecule has 3 nitrogen and oxygen atoms in total. The number of rotatable bonds is 1. The molecule has 1 aromatic carbocycles. The van der Waals surface area contributed by atoms with Crippen LogP contribution in [0.25, 0.3) is 0 Å². The summed E-state index contributed by atoms with van der Waals surface area (Å²) in [5.41, 5.74) is -1.03. The molecule has 0 saturated carbocycles. The van der Waals surface area contributed by atoms with E-state index >= 15 is 0 Å². The summed E-state index contributed by atoms with van der Waals surface area (Å²) in [5, 5.41) is 0. The first kappa shape index (κ1) is 16.4. The number of benzene rings is 1. The Kier molecular flexibility index (Phi) is 5.50. The first-order chi connectivity index (χ1) is 6.62. The predicted octanol–water partition coefficient (Wildman–Crippen LogP) is -0.624. The number of halogens is 4. The van der Waals surface area contributed by atoms with Crippen LogP contribution in [-0.2, 0) is 16.3 Å². The zero-order chi connectivity index (χ0) is 11.9. The van der Waals surface area contributed by atoms with Crippen molar-refractivity contribution in [2.24, 2.45) is 0 Å². The van der Waals surface area contributed by atoms with Gasteiger partial charge in [-0.3, -0.25) is 0 Å². The molecule has 9 heteroatoms. The molecular formula is C7H3BrF3NaO3S. The van der Waals surface area contributed by atoms with Crippen LogP contribution in [0.1, 0.15) is 5.56 Å². The third kappa shape index (κ3) is 4.01. The zero-order valence-corrected chi connectivity index (χ0v) is 12.3. The molecule has 0 unspecified atom stereocenters. The molecule has 0 bridgehead atoms. The molecule has 0 aliphatic heterocycles. The SMILES string of the molecule is O=S(=O)([O-])c1ccc(C(F)(F)F)c(Br)c1.[Na+]. The van der Waals surface area contributed by atoms with Crippen molar-refractivity contribution in [3.05, 3.63) is 28.2 Å². The minimum atomic E-state index is -4.73. The Morgan fingerprint density at radius 3 is 2.06 bits per heavy atom. The first-order valence-electron chi connectivity index (χ1n) is 3.45. The van der Waals surface area contributed by atoms with Crippen LogP contribution in [0.5, 0.6) is 0 Å². The second kappa shape index (κ2) is 5.36.